The molecule has 0 aliphatic carbocycles. The number of aryl methyl sites for hydroxylation is 2. The quantitative estimate of drug-likeness (QED) is 0.824. The number of nitrogens with one attached hydrogen (secondary N) is 1. The number of piperidine rings is 1. The van der Waals surface area contributed by atoms with E-state index in [2.05, 4.69) is 10.4 Å². The molecule has 1 aliphatic rings. The molecule has 28 heavy (non-hydrogen) atoms. The average molecular weight is 406 g/mol. The summed E-state index contributed by atoms with van der Waals surface area (Å²) in [6.45, 7) is 2.88. The standard InChI is InChI=1S/C19H27N5O3S/c1-14-12-18(23(4)21-14)19(25)20-16-13-15(8-9-17(16)22(2)3)28(26,27)24-10-6-5-7-11-24/h8-9,12-13H,5-7,10-11H2,1-4H3,(H,20,25). The van der Waals surface area contributed by atoms with E-state index in [9.17, 15) is 13.2 Å². The van der Waals surface area contributed by atoms with E-state index in [1.54, 1.807) is 31.3 Å². The summed E-state index contributed by atoms with van der Waals surface area (Å²) in [4.78, 5) is 14.8. The summed E-state index contributed by atoms with van der Waals surface area (Å²) in [6.07, 6.45) is 2.80. The molecule has 8 nitrogen and oxygen atoms in total. The van der Waals surface area contributed by atoms with Crippen molar-refractivity contribution in [3.8, 4) is 0 Å². The number of benzene rings is 1. The van der Waals surface area contributed by atoms with Crippen molar-refractivity contribution in [3.05, 3.63) is 35.7 Å². The third kappa shape index (κ3) is 4.05. The van der Waals surface area contributed by atoms with Gasteiger partial charge in [-0.25, -0.2) is 8.42 Å². The zero-order valence-corrected chi connectivity index (χ0v) is 17.6. The van der Waals surface area contributed by atoms with Gasteiger partial charge in [0.05, 0.1) is 22.0 Å². The number of hydrogen-bond acceptors (Lipinski definition) is 5. The molecule has 1 amide bonds. The minimum atomic E-state index is -3.59. The number of nitrogens with zero attached hydrogens (tertiary/aromatic N) is 4. The monoisotopic (exact) mass is 405 g/mol. The minimum Gasteiger partial charge on any atom is -0.376 e. The first-order valence-electron chi connectivity index (χ1n) is 9.33. The molecule has 1 fully saturated rings. The highest BCUT2D eigenvalue weighted by Crippen LogP contribution is 2.30. The molecule has 152 valence electrons. The fraction of sp³-hybridized carbons (Fsp3) is 0.474. The van der Waals surface area contributed by atoms with Gasteiger partial charge in [0.1, 0.15) is 5.69 Å². The molecule has 2 aromatic rings. The number of hydrogen-bond donors (Lipinski definition) is 1. The maximum atomic E-state index is 13.0. The van der Waals surface area contributed by atoms with Crippen LogP contribution in [-0.2, 0) is 17.1 Å². The summed E-state index contributed by atoms with van der Waals surface area (Å²) in [5.74, 6) is -0.335. The van der Waals surface area contributed by atoms with E-state index in [4.69, 9.17) is 0 Å². The smallest absolute Gasteiger partial charge is 0.273 e. The predicted molar refractivity (Wildman–Crippen MR) is 109 cm³/mol. The molecule has 1 N–H and O–H groups in total. The normalized spacial score (nSPS) is 15.4. The van der Waals surface area contributed by atoms with Crippen LogP contribution in [0.15, 0.2) is 29.2 Å². The summed E-state index contributed by atoms with van der Waals surface area (Å²) < 4.78 is 29.1. The molecule has 9 heteroatoms. The van der Waals surface area contributed by atoms with Crippen molar-refractivity contribution in [1.82, 2.24) is 14.1 Å². The van der Waals surface area contributed by atoms with Crippen LogP contribution in [0.1, 0.15) is 35.4 Å². The van der Waals surface area contributed by atoms with Gasteiger partial charge < -0.3 is 10.2 Å². The highest BCUT2D eigenvalue weighted by atomic mass is 32.2. The van der Waals surface area contributed by atoms with Crippen LogP contribution in [0.3, 0.4) is 0 Å². The van der Waals surface area contributed by atoms with Crippen LogP contribution in [0.25, 0.3) is 0 Å². The van der Waals surface area contributed by atoms with Crippen molar-refractivity contribution >= 4 is 27.3 Å². The summed E-state index contributed by atoms with van der Waals surface area (Å²) in [6, 6.07) is 6.56. The third-order valence-electron chi connectivity index (χ3n) is 4.89. The van der Waals surface area contributed by atoms with Crippen LogP contribution in [0, 0.1) is 6.92 Å². The molecule has 0 spiro atoms. The second-order valence-corrected chi connectivity index (χ2v) is 9.22. The van der Waals surface area contributed by atoms with Crippen LogP contribution in [0.2, 0.25) is 0 Å². The molecule has 0 atom stereocenters. The predicted octanol–water partition coefficient (Wildman–Crippen LogP) is 2.22. The van der Waals surface area contributed by atoms with Gasteiger partial charge in [-0.1, -0.05) is 6.42 Å². The van der Waals surface area contributed by atoms with Crippen molar-refractivity contribution in [2.45, 2.75) is 31.1 Å². The first-order chi connectivity index (χ1) is 13.2. The van der Waals surface area contributed by atoms with Crippen LogP contribution >= 0.6 is 0 Å². The topological polar surface area (TPSA) is 87.5 Å². The van der Waals surface area contributed by atoms with Crippen molar-refractivity contribution in [2.24, 2.45) is 7.05 Å². The molecule has 1 aromatic carbocycles. The number of sulfonamides is 1. The summed E-state index contributed by atoms with van der Waals surface area (Å²) in [7, 11) is 1.81. The number of rotatable bonds is 5. The van der Waals surface area contributed by atoms with E-state index in [0.717, 1.165) is 30.6 Å². The second kappa shape index (κ2) is 7.92. The molecule has 1 aromatic heterocycles. The first-order valence-corrected chi connectivity index (χ1v) is 10.8. The zero-order valence-electron chi connectivity index (χ0n) is 16.8. The van der Waals surface area contributed by atoms with Gasteiger partial charge in [-0.3, -0.25) is 9.48 Å². The Morgan fingerprint density at radius 1 is 1.14 bits per heavy atom. The number of amides is 1. The van der Waals surface area contributed by atoms with Gasteiger partial charge in [0.25, 0.3) is 5.91 Å². The molecule has 0 bridgehead atoms. The van der Waals surface area contributed by atoms with E-state index >= 15 is 0 Å². The van der Waals surface area contributed by atoms with Gasteiger partial charge in [0, 0.05) is 34.2 Å². The van der Waals surface area contributed by atoms with Crippen molar-refractivity contribution in [1.29, 1.82) is 0 Å². The maximum Gasteiger partial charge on any atom is 0.273 e. The lowest BCUT2D eigenvalue weighted by Crippen LogP contribution is -2.35. The van der Waals surface area contributed by atoms with Gasteiger partial charge in [0.2, 0.25) is 10.0 Å². The molecule has 3 rings (SSSR count). The maximum absolute atomic E-state index is 13.0. The summed E-state index contributed by atoms with van der Waals surface area (Å²) >= 11 is 0. The average Bonchev–Trinajstić information content (AvgIpc) is 3.00. The van der Waals surface area contributed by atoms with Crippen molar-refractivity contribution < 1.29 is 13.2 Å². The summed E-state index contributed by atoms with van der Waals surface area (Å²) in [5, 5.41) is 7.05. The first kappa shape index (κ1) is 20.3. The molecule has 1 aliphatic heterocycles. The SMILES string of the molecule is Cc1cc(C(=O)Nc2cc(S(=O)(=O)N3CCCCC3)ccc2N(C)C)n(C)n1. The Morgan fingerprint density at radius 3 is 2.39 bits per heavy atom. The number of carbonyl (C=O) groups is 1. The van der Waals surface area contributed by atoms with Crippen LogP contribution < -0.4 is 10.2 Å². The van der Waals surface area contributed by atoms with Gasteiger partial charge in [-0.15, -0.1) is 0 Å². The van der Waals surface area contributed by atoms with E-state index in [0.29, 0.717) is 24.5 Å². The van der Waals surface area contributed by atoms with Gasteiger partial charge in [-0.05, 0) is 44.0 Å². The molecule has 0 radical (unpaired) electrons. The highest BCUT2D eigenvalue weighted by Gasteiger charge is 2.27. The van der Waals surface area contributed by atoms with E-state index < -0.39 is 10.0 Å². The number of anilines is 2. The molecule has 1 saturated heterocycles. The van der Waals surface area contributed by atoms with Crippen molar-refractivity contribution in [3.63, 3.8) is 0 Å². The molecule has 0 saturated carbocycles. The highest BCUT2D eigenvalue weighted by molar-refractivity contribution is 7.89. The largest absolute Gasteiger partial charge is 0.376 e. The molecule has 2 heterocycles. The fourth-order valence-electron chi connectivity index (χ4n) is 3.43. The lowest BCUT2D eigenvalue weighted by molar-refractivity contribution is 0.101. The lowest BCUT2D eigenvalue weighted by Gasteiger charge is -2.26. The Morgan fingerprint density at radius 2 is 1.82 bits per heavy atom. The summed E-state index contributed by atoms with van der Waals surface area (Å²) in [5.41, 5.74) is 2.32. The van der Waals surface area contributed by atoms with Crippen LogP contribution in [0.4, 0.5) is 11.4 Å². The van der Waals surface area contributed by atoms with Gasteiger partial charge >= 0.3 is 0 Å². The lowest BCUT2D eigenvalue weighted by atomic mass is 10.2. The second-order valence-electron chi connectivity index (χ2n) is 7.29. The molecule has 0 unspecified atom stereocenters. The van der Waals surface area contributed by atoms with Gasteiger partial charge in [0.15, 0.2) is 0 Å². The van der Waals surface area contributed by atoms with Crippen molar-refractivity contribution in [2.75, 3.05) is 37.4 Å². The van der Waals surface area contributed by atoms with Crippen LogP contribution in [-0.4, -0.2) is 55.6 Å². The Kier molecular flexibility index (Phi) is 5.76. The number of aromatic nitrogens is 2. The fourth-order valence-corrected chi connectivity index (χ4v) is 4.97. The molecular formula is C19H27N5O3S. The third-order valence-corrected chi connectivity index (χ3v) is 6.78. The van der Waals surface area contributed by atoms with Gasteiger partial charge in [-0.2, -0.15) is 9.40 Å². The zero-order chi connectivity index (χ0) is 20.5. The Bertz CT molecular complexity index is 975. The minimum absolute atomic E-state index is 0.191. The van der Waals surface area contributed by atoms with E-state index in [-0.39, 0.29) is 10.8 Å². The Labute approximate surface area is 166 Å². The Hall–Kier alpha value is -2.39. The van der Waals surface area contributed by atoms with E-state index in [1.165, 1.54) is 8.99 Å². The molecular weight excluding hydrogens is 378 g/mol. The number of carbonyl (C=O) groups excluding carboxylic acids is 1. The van der Waals surface area contributed by atoms with Crippen LogP contribution in [0.5, 0.6) is 0 Å². The Balaban J connectivity index is 1.96. The van der Waals surface area contributed by atoms with E-state index in [1.807, 2.05) is 25.9 Å².